The maximum absolute atomic E-state index is 2.93. The lowest BCUT2D eigenvalue weighted by atomic mass is 9.78. The number of anilines is 4. The molecule has 1 aliphatic heterocycles. The summed E-state index contributed by atoms with van der Waals surface area (Å²) in [4.78, 5) is 5.87. The number of nitrogens with zero attached hydrogens (tertiary/aromatic N) is 2. The molecule has 3 saturated carbocycles. The van der Waals surface area contributed by atoms with Crippen LogP contribution in [0.2, 0.25) is 0 Å². The van der Waals surface area contributed by atoms with E-state index in [-0.39, 0.29) is 19.2 Å². The first kappa shape index (κ1) is 36.6. The van der Waals surface area contributed by atoms with Gasteiger partial charge in [-0.3, -0.25) is 0 Å². The summed E-state index contributed by atoms with van der Waals surface area (Å²) in [6.07, 6.45) is 22.2. The fourth-order valence-corrected chi connectivity index (χ4v) is 16.9. The Morgan fingerprint density at radius 1 is 0.547 bits per heavy atom. The summed E-state index contributed by atoms with van der Waals surface area (Å²) in [6, 6.07) is 30.8. The number of rotatable bonds is 7. The first-order chi connectivity index (χ1) is 25.8. The second kappa shape index (κ2) is 15.4. The molecule has 3 aliphatic carbocycles. The van der Waals surface area contributed by atoms with Gasteiger partial charge < -0.3 is 9.80 Å². The zero-order valence-electron chi connectivity index (χ0n) is 33.6. The normalized spacial score (nSPS) is 22.6. The molecule has 1 atom stereocenters. The van der Waals surface area contributed by atoms with Crippen LogP contribution in [0.3, 0.4) is 0 Å². The van der Waals surface area contributed by atoms with E-state index >= 15 is 0 Å². The van der Waals surface area contributed by atoms with E-state index < -0.39 is 0 Å². The van der Waals surface area contributed by atoms with E-state index in [1.54, 1.807) is 5.57 Å². The van der Waals surface area contributed by atoms with Crippen LogP contribution in [0.1, 0.15) is 129 Å². The summed E-state index contributed by atoms with van der Waals surface area (Å²) < 4.78 is 0. The van der Waals surface area contributed by atoms with Gasteiger partial charge in [0.15, 0.2) is 0 Å². The Labute approximate surface area is 322 Å². The predicted octanol–water partition coefficient (Wildman–Crippen LogP) is 14.7. The van der Waals surface area contributed by atoms with Crippen LogP contribution >= 0.6 is 7.92 Å². The summed E-state index contributed by atoms with van der Waals surface area (Å²) in [6.45, 7) is 14.1. The molecule has 2 nitrogen and oxygen atoms in total. The molecule has 0 amide bonds. The second-order valence-corrected chi connectivity index (χ2v) is 20.4. The van der Waals surface area contributed by atoms with Gasteiger partial charge in [0.1, 0.15) is 6.17 Å². The van der Waals surface area contributed by atoms with Crippen LogP contribution in [0.15, 0.2) is 84.4 Å². The largest absolute Gasteiger partial charge is 0.316 e. The number of benzene rings is 4. The molecular formula is C50H63N2P. The minimum Gasteiger partial charge on any atom is -0.316 e. The monoisotopic (exact) mass is 722 g/mol. The molecule has 0 saturated heterocycles. The summed E-state index contributed by atoms with van der Waals surface area (Å²) in [5, 5.41) is 0.0278. The number of fused-ring (bicyclic) bond motifs is 1. The SMILES string of the molecule is Cc1cc(C)c(N2c3ccccc3N(c3c(C)cc(C)cc3C)C2C2(P(C3CCCCC3)C3CCCCC3)CCCCC2=Cc2ccccc2)c(C)c1. The number of para-hydroxylation sites is 2. The Balaban J connectivity index is 1.50. The second-order valence-electron chi connectivity index (χ2n) is 17.3. The molecule has 0 bridgehead atoms. The summed E-state index contributed by atoms with van der Waals surface area (Å²) in [7, 11) is -0.385. The lowest BCUT2D eigenvalue weighted by Crippen LogP contribution is -2.59. The van der Waals surface area contributed by atoms with Crippen LogP contribution in [-0.2, 0) is 0 Å². The fraction of sp³-hybridized carbons (Fsp3) is 0.480. The van der Waals surface area contributed by atoms with Crippen LogP contribution in [-0.4, -0.2) is 22.6 Å². The van der Waals surface area contributed by atoms with E-state index in [4.69, 9.17) is 0 Å². The van der Waals surface area contributed by atoms with Gasteiger partial charge in [-0.2, -0.15) is 0 Å². The number of aryl methyl sites for hydroxylation is 6. The minimum atomic E-state index is -0.385. The van der Waals surface area contributed by atoms with E-state index in [0.717, 1.165) is 11.3 Å². The highest BCUT2D eigenvalue weighted by Crippen LogP contribution is 2.73. The molecule has 0 N–H and O–H groups in total. The highest BCUT2D eigenvalue weighted by molar-refractivity contribution is 7.61. The van der Waals surface area contributed by atoms with Crippen molar-refractivity contribution >= 4 is 36.7 Å². The lowest BCUT2D eigenvalue weighted by molar-refractivity contribution is 0.401. The molecular weight excluding hydrogens is 660 g/mol. The van der Waals surface area contributed by atoms with Crippen LogP contribution in [0.4, 0.5) is 22.7 Å². The average Bonchev–Trinajstić information content (AvgIpc) is 3.47. The van der Waals surface area contributed by atoms with Crippen LogP contribution < -0.4 is 9.80 Å². The molecule has 278 valence electrons. The van der Waals surface area contributed by atoms with Crippen LogP contribution in [0.25, 0.3) is 6.08 Å². The molecule has 0 radical (unpaired) electrons. The van der Waals surface area contributed by atoms with Gasteiger partial charge >= 0.3 is 0 Å². The van der Waals surface area contributed by atoms with E-state index in [1.807, 2.05) is 0 Å². The quantitative estimate of drug-likeness (QED) is 0.175. The lowest BCUT2D eigenvalue weighted by Gasteiger charge is -2.59. The Bertz CT molecular complexity index is 1800. The third kappa shape index (κ3) is 6.71. The zero-order chi connectivity index (χ0) is 36.7. The first-order valence-corrected chi connectivity index (χ1v) is 22.6. The molecule has 4 aromatic carbocycles. The molecule has 0 spiro atoms. The Kier molecular flexibility index (Phi) is 10.7. The highest BCUT2D eigenvalue weighted by Gasteiger charge is 2.60. The topological polar surface area (TPSA) is 6.48 Å². The van der Waals surface area contributed by atoms with E-state index in [1.165, 1.54) is 152 Å². The van der Waals surface area contributed by atoms with Crippen molar-refractivity contribution in [3.8, 4) is 0 Å². The van der Waals surface area contributed by atoms with Crippen molar-refractivity contribution in [1.82, 2.24) is 0 Å². The fourth-order valence-electron chi connectivity index (χ4n) is 11.7. The maximum atomic E-state index is 2.93. The molecule has 53 heavy (non-hydrogen) atoms. The Morgan fingerprint density at radius 2 is 1.00 bits per heavy atom. The van der Waals surface area contributed by atoms with Crippen LogP contribution in [0, 0.1) is 41.5 Å². The summed E-state index contributed by atoms with van der Waals surface area (Å²) >= 11 is 0. The molecule has 3 heteroatoms. The highest BCUT2D eigenvalue weighted by atomic mass is 31.1. The van der Waals surface area contributed by atoms with Crippen molar-refractivity contribution in [2.45, 2.75) is 154 Å². The van der Waals surface area contributed by atoms with Crippen molar-refractivity contribution in [3.05, 3.63) is 123 Å². The molecule has 3 fully saturated rings. The smallest absolute Gasteiger partial charge is 0.124 e. The molecule has 4 aromatic rings. The van der Waals surface area contributed by atoms with Gasteiger partial charge in [-0.1, -0.05) is 142 Å². The summed E-state index contributed by atoms with van der Waals surface area (Å²) in [5.41, 5.74) is 18.8. The van der Waals surface area contributed by atoms with Crippen molar-refractivity contribution in [2.75, 3.05) is 9.80 Å². The Morgan fingerprint density at radius 3 is 1.47 bits per heavy atom. The first-order valence-electron chi connectivity index (χ1n) is 21.2. The third-order valence-corrected chi connectivity index (χ3v) is 17.7. The molecule has 4 aliphatic rings. The van der Waals surface area contributed by atoms with Gasteiger partial charge in [0, 0.05) is 11.4 Å². The van der Waals surface area contributed by atoms with Crippen LogP contribution in [0.5, 0.6) is 0 Å². The van der Waals surface area contributed by atoms with Gasteiger partial charge in [0.25, 0.3) is 0 Å². The molecule has 0 aromatic heterocycles. The Hall–Kier alpha value is -3.35. The van der Waals surface area contributed by atoms with E-state index in [0.29, 0.717) is 0 Å². The van der Waals surface area contributed by atoms with Crippen molar-refractivity contribution < 1.29 is 0 Å². The predicted molar refractivity (Wildman–Crippen MR) is 232 cm³/mol. The van der Waals surface area contributed by atoms with Gasteiger partial charge in [-0.15, -0.1) is 0 Å². The summed E-state index contributed by atoms with van der Waals surface area (Å²) in [5.74, 6) is 0. The van der Waals surface area contributed by atoms with Crippen molar-refractivity contribution in [2.24, 2.45) is 0 Å². The number of hydrogen-bond donors (Lipinski definition) is 0. The third-order valence-electron chi connectivity index (χ3n) is 13.4. The van der Waals surface area contributed by atoms with Crippen molar-refractivity contribution in [1.29, 1.82) is 0 Å². The number of hydrogen-bond acceptors (Lipinski definition) is 2. The van der Waals surface area contributed by atoms with Gasteiger partial charge in [-0.25, -0.2) is 0 Å². The molecule has 1 unspecified atom stereocenters. The van der Waals surface area contributed by atoms with Gasteiger partial charge in [-0.05, 0) is 138 Å². The minimum absolute atomic E-state index is 0.0278. The molecule has 1 heterocycles. The molecule has 8 rings (SSSR count). The van der Waals surface area contributed by atoms with E-state index in [2.05, 4.69) is 136 Å². The van der Waals surface area contributed by atoms with Gasteiger partial charge in [0.05, 0.1) is 16.5 Å². The maximum Gasteiger partial charge on any atom is 0.124 e. The average molecular weight is 723 g/mol. The standard InChI is InChI=1S/C50H63N2P/c1-35-30-37(3)47(38(4)31-35)51-45-27-16-17-28-46(45)52(48-39(5)32-36(2)33-40(48)6)49(51)50(29-19-18-22-42(50)34-41-20-10-7-11-21-41)53(43-23-12-8-13-24-43)44-25-14-9-15-26-44/h7,10-11,16-17,20-21,27-28,30-34,43-44,49H,8-9,12-15,18-19,22-26,29H2,1-6H3. The van der Waals surface area contributed by atoms with Gasteiger partial charge in [0.2, 0.25) is 0 Å². The van der Waals surface area contributed by atoms with Crippen molar-refractivity contribution in [3.63, 3.8) is 0 Å². The zero-order valence-corrected chi connectivity index (χ0v) is 34.5. The van der Waals surface area contributed by atoms with E-state index in [9.17, 15) is 0 Å².